The molecule has 1 amide bonds. The molecule has 8 nitrogen and oxygen atoms in total. The molecule has 3 N–H and O–H groups in total. The summed E-state index contributed by atoms with van der Waals surface area (Å²) in [6.45, 7) is 3.54. The highest BCUT2D eigenvalue weighted by molar-refractivity contribution is 5.87. The van der Waals surface area contributed by atoms with Gasteiger partial charge in [0.1, 0.15) is 6.04 Å². The van der Waals surface area contributed by atoms with Gasteiger partial charge in [-0.1, -0.05) is 30.3 Å². The summed E-state index contributed by atoms with van der Waals surface area (Å²) in [4.78, 5) is 40.7. The molecule has 146 valence electrons. The Hall–Kier alpha value is -3.42. The minimum atomic E-state index is -1.10. The number of aromatic amines is 1. The second kappa shape index (κ2) is 7.67. The van der Waals surface area contributed by atoms with Crippen LogP contribution in [-0.2, 0) is 29.5 Å². The normalized spacial score (nSPS) is 12.1. The third kappa shape index (κ3) is 3.80. The molecule has 0 unspecified atom stereocenters. The van der Waals surface area contributed by atoms with Gasteiger partial charge in [-0.2, -0.15) is 0 Å². The number of fused-ring (bicyclic) bond motifs is 1. The Morgan fingerprint density at radius 3 is 2.57 bits per heavy atom. The summed E-state index contributed by atoms with van der Waals surface area (Å²) in [5.74, 6) is -1.53. The van der Waals surface area contributed by atoms with E-state index >= 15 is 0 Å². The van der Waals surface area contributed by atoms with E-state index in [0.29, 0.717) is 27.9 Å². The molecule has 0 aliphatic rings. The number of H-pyrrole nitrogens is 1. The molecule has 0 saturated carbocycles. The quantitative estimate of drug-likeness (QED) is 0.593. The first-order chi connectivity index (χ1) is 13.3. The number of aryl methyl sites for hydroxylation is 3. The molecule has 0 bridgehead atoms. The fourth-order valence-electron chi connectivity index (χ4n) is 3.36. The van der Waals surface area contributed by atoms with Crippen molar-refractivity contribution in [1.82, 2.24) is 20.1 Å². The Bertz CT molecular complexity index is 1100. The summed E-state index contributed by atoms with van der Waals surface area (Å²) in [5, 5.41) is 15.1. The number of aliphatic carboxylic acids is 1. The van der Waals surface area contributed by atoms with Gasteiger partial charge in [0.05, 0.1) is 11.8 Å². The summed E-state index contributed by atoms with van der Waals surface area (Å²) >= 11 is 0. The van der Waals surface area contributed by atoms with E-state index in [9.17, 15) is 19.5 Å². The molecular weight excluding hydrogens is 360 g/mol. The number of hydrogen-bond acceptors (Lipinski definition) is 4. The first-order valence-electron chi connectivity index (χ1n) is 8.88. The topological polar surface area (TPSA) is 117 Å². The second-order valence-corrected chi connectivity index (χ2v) is 6.82. The lowest BCUT2D eigenvalue weighted by Crippen LogP contribution is -2.43. The number of pyridine rings is 1. The van der Waals surface area contributed by atoms with Crippen molar-refractivity contribution >= 4 is 22.9 Å². The standard InChI is InChI=1S/C20H22N4O4/c1-11-14(12(2)21-18-17(11)19(26)23-24(18)3)10-16(25)22-15(20(27)28)9-13-7-5-4-6-8-13/h4-8,15H,9-10H2,1-3H3,(H,22,25)(H,23,26)(H,27,28)/t15-/m0/s1. The number of carboxylic acid groups (broad SMARTS) is 1. The van der Waals surface area contributed by atoms with Gasteiger partial charge >= 0.3 is 5.97 Å². The largest absolute Gasteiger partial charge is 0.480 e. The average molecular weight is 382 g/mol. The van der Waals surface area contributed by atoms with Crippen molar-refractivity contribution in [3.8, 4) is 0 Å². The highest BCUT2D eigenvalue weighted by atomic mass is 16.4. The molecule has 8 heteroatoms. The Labute approximate surface area is 161 Å². The number of hydrogen-bond donors (Lipinski definition) is 3. The third-order valence-corrected chi connectivity index (χ3v) is 4.83. The Morgan fingerprint density at radius 1 is 1.25 bits per heavy atom. The number of carbonyl (C=O) groups is 2. The molecule has 0 saturated heterocycles. The fourth-order valence-corrected chi connectivity index (χ4v) is 3.36. The van der Waals surface area contributed by atoms with Gasteiger partial charge in [0, 0.05) is 19.2 Å². The summed E-state index contributed by atoms with van der Waals surface area (Å²) in [6, 6.07) is 8.08. The maximum Gasteiger partial charge on any atom is 0.326 e. The van der Waals surface area contributed by atoms with Gasteiger partial charge in [-0.15, -0.1) is 0 Å². The van der Waals surface area contributed by atoms with Crippen molar-refractivity contribution in [3.05, 3.63) is 63.1 Å². The molecular formula is C20H22N4O4. The van der Waals surface area contributed by atoms with Crippen molar-refractivity contribution in [2.75, 3.05) is 0 Å². The van der Waals surface area contributed by atoms with Crippen LogP contribution in [0.3, 0.4) is 0 Å². The van der Waals surface area contributed by atoms with Crippen molar-refractivity contribution in [3.63, 3.8) is 0 Å². The lowest BCUT2D eigenvalue weighted by atomic mass is 10.0. The fraction of sp³-hybridized carbons (Fsp3) is 0.300. The lowest BCUT2D eigenvalue weighted by molar-refractivity contribution is -0.141. The van der Waals surface area contributed by atoms with Crippen molar-refractivity contribution < 1.29 is 14.7 Å². The molecule has 1 aromatic carbocycles. The van der Waals surface area contributed by atoms with Gasteiger partial charge in [0.25, 0.3) is 5.56 Å². The number of aromatic nitrogens is 3. The van der Waals surface area contributed by atoms with Crippen LogP contribution in [0.25, 0.3) is 11.0 Å². The molecule has 3 rings (SSSR count). The molecule has 0 spiro atoms. The highest BCUT2D eigenvalue weighted by Gasteiger charge is 2.22. The predicted molar refractivity (Wildman–Crippen MR) is 104 cm³/mol. The van der Waals surface area contributed by atoms with E-state index in [1.807, 2.05) is 30.3 Å². The maximum atomic E-state index is 12.6. The van der Waals surface area contributed by atoms with Crippen LogP contribution >= 0.6 is 0 Å². The summed E-state index contributed by atoms with van der Waals surface area (Å²) in [7, 11) is 1.70. The smallest absolute Gasteiger partial charge is 0.326 e. The van der Waals surface area contributed by atoms with E-state index in [2.05, 4.69) is 15.4 Å². The summed E-state index contributed by atoms with van der Waals surface area (Å²) in [6.07, 6.45) is 0.142. The molecule has 2 aromatic heterocycles. The Kier molecular flexibility index (Phi) is 5.30. The number of carboxylic acids is 1. The van der Waals surface area contributed by atoms with Gasteiger partial charge in [-0.3, -0.25) is 19.4 Å². The average Bonchev–Trinajstić information content (AvgIpc) is 2.92. The van der Waals surface area contributed by atoms with Gasteiger partial charge < -0.3 is 10.4 Å². The summed E-state index contributed by atoms with van der Waals surface area (Å²) < 4.78 is 1.54. The zero-order valence-corrected chi connectivity index (χ0v) is 15.9. The molecule has 0 aliphatic heterocycles. The van der Waals surface area contributed by atoms with Gasteiger partial charge in [-0.05, 0) is 30.5 Å². The van der Waals surface area contributed by atoms with Gasteiger partial charge in [0.15, 0.2) is 5.65 Å². The van der Waals surface area contributed by atoms with Crippen molar-refractivity contribution in [2.24, 2.45) is 7.05 Å². The predicted octanol–water partition coefficient (Wildman–Crippen LogP) is 1.23. The van der Waals surface area contributed by atoms with E-state index in [4.69, 9.17) is 0 Å². The van der Waals surface area contributed by atoms with E-state index in [-0.39, 0.29) is 18.4 Å². The van der Waals surface area contributed by atoms with E-state index < -0.39 is 17.9 Å². The number of nitrogens with one attached hydrogen (secondary N) is 2. The number of amides is 1. The van der Waals surface area contributed by atoms with Gasteiger partial charge in [0.2, 0.25) is 5.91 Å². The van der Waals surface area contributed by atoms with Crippen LogP contribution in [0.5, 0.6) is 0 Å². The SMILES string of the molecule is Cc1nc2c(c(C)c1CC(=O)N[C@@H](Cc1ccccc1)C(=O)O)c(=O)[nH]n2C. The number of benzene rings is 1. The van der Waals surface area contributed by atoms with Crippen LogP contribution in [0.2, 0.25) is 0 Å². The van der Waals surface area contributed by atoms with Crippen molar-refractivity contribution in [2.45, 2.75) is 32.7 Å². The monoisotopic (exact) mass is 382 g/mol. The van der Waals surface area contributed by atoms with Crippen LogP contribution in [0.1, 0.15) is 22.4 Å². The zero-order valence-electron chi connectivity index (χ0n) is 15.9. The van der Waals surface area contributed by atoms with Crippen LogP contribution in [0.15, 0.2) is 35.1 Å². The van der Waals surface area contributed by atoms with Crippen LogP contribution in [0.4, 0.5) is 0 Å². The zero-order chi connectivity index (χ0) is 20.4. The number of rotatable bonds is 6. The molecule has 1 atom stereocenters. The minimum Gasteiger partial charge on any atom is -0.480 e. The third-order valence-electron chi connectivity index (χ3n) is 4.83. The van der Waals surface area contributed by atoms with Crippen molar-refractivity contribution in [1.29, 1.82) is 0 Å². The first kappa shape index (κ1) is 19.3. The number of nitrogens with zero attached hydrogens (tertiary/aromatic N) is 2. The van der Waals surface area contributed by atoms with E-state index in [1.165, 1.54) is 0 Å². The van der Waals surface area contributed by atoms with Gasteiger partial charge in [-0.25, -0.2) is 9.78 Å². The molecule has 0 radical (unpaired) electrons. The Morgan fingerprint density at radius 2 is 1.93 bits per heavy atom. The molecule has 3 aromatic rings. The number of carbonyl (C=O) groups excluding carboxylic acids is 1. The van der Waals surface area contributed by atoms with Crippen LogP contribution in [-0.4, -0.2) is 37.8 Å². The molecule has 0 fully saturated rings. The van der Waals surface area contributed by atoms with Crippen LogP contribution < -0.4 is 10.9 Å². The first-order valence-corrected chi connectivity index (χ1v) is 8.88. The Balaban J connectivity index is 1.83. The molecule has 2 heterocycles. The van der Waals surface area contributed by atoms with Crippen LogP contribution in [0, 0.1) is 13.8 Å². The minimum absolute atomic E-state index is 0.0481. The van der Waals surface area contributed by atoms with E-state index in [1.54, 1.807) is 25.6 Å². The highest BCUT2D eigenvalue weighted by Crippen LogP contribution is 2.20. The molecule has 28 heavy (non-hydrogen) atoms. The maximum absolute atomic E-state index is 12.6. The lowest BCUT2D eigenvalue weighted by Gasteiger charge is -2.16. The molecule has 0 aliphatic carbocycles. The second-order valence-electron chi connectivity index (χ2n) is 6.82. The summed E-state index contributed by atoms with van der Waals surface area (Å²) in [5.41, 5.74) is 3.01. The van der Waals surface area contributed by atoms with E-state index in [0.717, 1.165) is 5.56 Å².